The predicted molar refractivity (Wildman–Crippen MR) is 75.9 cm³/mol. The van der Waals surface area contributed by atoms with Gasteiger partial charge >= 0.3 is 0 Å². The highest BCUT2D eigenvalue weighted by atomic mass is 16.2. The van der Waals surface area contributed by atoms with Crippen LogP contribution in [0.4, 0.5) is 0 Å². The Bertz CT molecular complexity index is 545. The van der Waals surface area contributed by atoms with Crippen LogP contribution >= 0.6 is 0 Å². The number of aryl methyl sites for hydroxylation is 1. The Morgan fingerprint density at radius 2 is 2.26 bits per heavy atom. The number of aliphatic hydroxyl groups excluding tert-OH is 1. The monoisotopic (exact) mass is 259 g/mol. The van der Waals surface area contributed by atoms with Crippen LogP contribution in [0.25, 0.3) is 11.0 Å². The van der Waals surface area contributed by atoms with Gasteiger partial charge in [0.2, 0.25) is 0 Å². The van der Waals surface area contributed by atoms with E-state index in [0.717, 1.165) is 37.6 Å². The summed E-state index contributed by atoms with van der Waals surface area (Å²) in [4.78, 5) is 4.50. The fourth-order valence-electron chi connectivity index (χ4n) is 2.44. The molecule has 0 saturated heterocycles. The fourth-order valence-corrected chi connectivity index (χ4v) is 2.44. The van der Waals surface area contributed by atoms with E-state index >= 15 is 0 Å². The van der Waals surface area contributed by atoms with Gasteiger partial charge in [-0.05, 0) is 43.4 Å². The Morgan fingerprint density at radius 1 is 1.37 bits per heavy atom. The van der Waals surface area contributed by atoms with Gasteiger partial charge in [0, 0.05) is 43.5 Å². The second kappa shape index (κ2) is 5.72. The molecule has 0 aliphatic heterocycles. The van der Waals surface area contributed by atoms with E-state index < -0.39 is 0 Å². The number of nitrogens with one attached hydrogen (secondary N) is 1. The molecule has 1 aliphatic carbocycles. The first kappa shape index (κ1) is 12.6. The van der Waals surface area contributed by atoms with Crippen LogP contribution in [0.3, 0.4) is 0 Å². The zero-order chi connectivity index (χ0) is 13.1. The Hall–Kier alpha value is -1.39. The number of nitrogens with zero attached hydrogens (tertiary/aromatic N) is 2. The first-order valence-electron chi connectivity index (χ1n) is 7.15. The van der Waals surface area contributed by atoms with E-state index in [2.05, 4.69) is 27.1 Å². The van der Waals surface area contributed by atoms with Gasteiger partial charge in [-0.15, -0.1) is 0 Å². The van der Waals surface area contributed by atoms with Crippen LogP contribution < -0.4 is 5.32 Å². The quantitative estimate of drug-likeness (QED) is 0.748. The van der Waals surface area contributed by atoms with Crippen LogP contribution in [-0.4, -0.2) is 27.3 Å². The molecule has 19 heavy (non-hydrogen) atoms. The number of aromatic nitrogens is 2. The van der Waals surface area contributed by atoms with Crippen molar-refractivity contribution in [3.05, 3.63) is 30.1 Å². The molecular formula is C15H21N3O. The lowest BCUT2D eigenvalue weighted by Gasteiger charge is -2.02. The van der Waals surface area contributed by atoms with Gasteiger partial charge in [0.1, 0.15) is 5.65 Å². The number of aliphatic hydroxyl groups is 1. The number of rotatable bonds is 7. The van der Waals surface area contributed by atoms with Crippen LogP contribution in [-0.2, 0) is 13.1 Å². The number of pyridine rings is 1. The Morgan fingerprint density at radius 3 is 3.05 bits per heavy atom. The van der Waals surface area contributed by atoms with Crippen molar-refractivity contribution in [2.75, 3.05) is 6.61 Å². The molecule has 4 nitrogen and oxygen atoms in total. The summed E-state index contributed by atoms with van der Waals surface area (Å²) in [7, 11) is 0. The van der Waals surface area contributed by atoms with E-state index in [1.807, 2.05) is 12.3 Å². The predicted octanol–water partition coefficient (Wildman–Crippen LogP) is 2.06. The van der Waals surface area contributed by atoms with Crippen LogP contribution in [0.1, 0.15) is 31.2 Å². The topological polar surface area (TPSA) is 50.1 Å². The Balaban J connectivity index is 1.79. The van der Waals surface area contributed by atoms with Gasteiger partial charge in [-0.3, -0.25) is 0 Å². The molecule has 0 bridgehead atoms. The molecule has 0 spiro atoms. The van der Waals surface area contributed by atoms with Gasteiger partial charge < -0.3 is 15.0 Å². The van der Waals surface area contributed by atoms with Crippen LogP contribution in [0, 0.1) is 0 Å². The Labute approximate surface area is 113 Å². The third-order valence-electron chi connectivity index (χ3n) is 3.68. The van der Waals surface area contributed by atoms with Crippen molar-refractivity contribution in [1.82, 2.24) is 14.9 Å². The minimum atomic E-state index is 0.267. The van der Waals surface area contributed by atoms with Crippen molar-refractivity contribution in [1.29, 1.82) is 0 Å². The molecule has 2 N–H and O–H groups in total. The molecule has 1 fully saturated rings. The standard InChI is InChI=1S/C15H21N3O/c19-9-2-1-8-18-11-12(10-17-13-5-6-13)14-4-3-7-16-15(14)18/h3-4,7,11,13,17,19H,1-2,5-6,8-10H2. The smallest absolute Gasteiger partial charge is 0.140 e. The molecule has 4 heteroatoms. The highest BCUT2D eigenvalue weighted by Gasteiger charge is 2.20. The number of hydrogen-bond acceptors (Lipinski definition) is 3. The van der Waals surface area contributed by atoms with Gasteiger partial charge in [-0.2, -0.15) is 0 Å². The minimum absolute atomic E-state index is 0.267. The summed E-state index contributed by atoms with van der Waals surface area (Å²) in [6.45, 7) is 2.13. The normalized spacial score (nSPS) is 15.2. The van der Waals surface area contributed by atoms with E-state index in [-0.39, 0.29) is 6.61 Å². The molecule has 0 atom stereocenters. The summed E-state index contributed by atoms with van der Waals surface area (Å²) in [5.41, 5.74) is 2.40. The molecular weight excluding hydrogens is 238 g/mol. The van der Waals surface area contributed by atoms with E-state index in [1.165, 1.54) is 23.8 Å². The van der Waals surface area contributed by atoms with E-state index in [9.17, 15) is 0 Å². The first-order valence-corrected chi connectivity index (χ1v) is 7.15. The SMILES string of the molecule is OCCCCn1cc(CNC2CC2)c2cccnc21. The Kier molecular flexibility index (Phi) is 3.80. The van der Waals surface area contributed by atoms with Crippen LogP contribution in [0.15, 0.2) is 24.5 Å². The molecule has 102 valence electrons. The molecule has 0 amide bonds. The average Bonchev–Trinajstić information content (AvgIpc) is 3.20. The third kappa shape index (κ3) is 2.96. The third-order valence-corrected chi connectivity index (χ3v) is 3.68. The number of unbranched alkanes of at least 4 members (excludes halogenated alkanes) is 1. The molecule has 2 aromatic rings. The van der Waals surface area contributed by atoms with E-state index in [0.29, 0.717) is 0 Å². The van der Waals surface area contributed by atoms with Gasteiger partial charge in [0.15, 0.2) is 0 Å². The van der Waals surface area contributed by atoms with E-state index in [1.54, 1.807) is 0 Å². The highest BCUT2D eigenvalue weighted by Crippen LogP contribution is 2.23. The summed E-state index contributed by atoms with van der Waals surface area (Å²) in [5.74, 6) is 0. The van der Waals surface area contributed by atoms with Gasteiger partial charge in [-0.25, -0.2) is 4.98 Å². The second-order valence-electron chi connectivity index (χ2n) is 5.31. The lowest BCUT2D eigenvalue weighted by molar-refractivity contribution is 0.281. The average molecular weight is 259 g/mol. The van der Waals surface area contributed by atoms with Gasteiger partial charge in [0.25, 0.3) is 0 Å². The van der Waals surface area contributed by atoms with Crippen molar-refractivity contribution in [2.45, 2.75) is 44.8 Å². The van der Waals surface area contributed by atoms with Crippen molar-refractivity contribution in [3.8, 4) is 0 Å². The van der Waals surface area contributed by atoms with Crippen LogP contribution in [0.2, 0.25) is 0 Å². The molecule has 2 heterocycles. The maximum Gasteiger partial charge on any atom is 0.140 e. The van der Waals surface area contributed by atoms with Crippen LogP contribution in [0.5, 0.6) is 0 Å². The second-order valence-corrected chi connectivity index (χ2v) is 5.31. The summed E-state index contributed by atoms with van der Waals surface area (Å²) >= 11 is 0. The summed E-state index contributed by atoms with van der Waals surface area (Å²) in [6, 6.07) is 4.87. The van der Waals surface area contributed by atoms with Crippen molar-refractivity contribution >= 4 is 11.0 Å². The fraction of sp³-hybridized carbons (Fsp3) is 0.533. The summed E-state index contributed by atoms with van der Waals surface area (Å²) in [6.07, 6.45) is 8.53. The lowest BCUT2D eigenvalue weighted by atomic mass is 10.2. The highest BCUT2D eigenvalue weighted by molar-refractivity contribution is 5.80. The van der Waals surface area contributed by atoms with E-state index in [4.69, 9.17) is 5.11 Å². The lowest BCUT2D eigenvalue weighted by Crippen LogP contribution is -2.14. The molecule has 0 aromatic carbocycles. The first-order chi connectivity index (χ1) is 9.38. The molecule has 3 rings (SSSR count). The molecule has 2 aromatic heterocycles. The zero-order valence-corrected chi connectivity index (χ0v) is 11.2. The number of hydrogen-bond donors (Lipinski definition) is 2. The van der Waals surface area contributed by atoms with Gasteiger partial charge in [-0.1, -0.05) is 0 Å². The molecule has 0 radical (unpaired) electrons. The summed E-state index contributed by atoms with van der Waals surface area (Å²) < 4.78 is 2.22. The maximum absolute atomic E-state index is 8.88. The molecule has 1 aliphatic rings. The van der Waals surface area contributed by atoms with Crippen molar-refractivity contribution < 1.29 is 5.11 Å². The van der Waals surface area contributed by atoms with Crippen molar-refractivity contribution in [2.24, 2.45) is 0 Å². The zero-order valence-electron chi connectivity index (χ0n) is 11.2. The largest absolute Gasteiger partial charge is 0.396 e. The number of fused-ring (bicyclic) bond motifs is 1. The minimum Gasteiger partial charge on any atom is -0.396 e. The molecule has 1 saturated carbocycles. The molecule has 0 unspecified atom stereocenters. The van der Waals surface area contributed by atoms with Gasteiger partial charge in [0.05, 0.1) is 0 Å². The summed E-state index contributed by atoms with van der Waals surface area (Å²) in [5, 5.41) is 13.7. The van der Waals surface area contributed by atoms with Crippen molar-refractivity contribution in [3.63, 3.8) is 0 Å². The maximum atomic E-state index is 8.88.